The topological polar surface area (TPSA) is 32.3 Å². The van der Waals surface area contributed by atoms with E-state index < -0.39 is 0 Å². The van der Waals surface area contributed by atoms with Crippen molar-refractivity contribution >= 4 is 11.7 Å². The van der Waals surface area contributed by atoms with Crippen molar-refractivity contribution in [2.24, 2.45) is 0 Å². The number of carbonyl (C=O) groups excluding carboxylic acids is 1. The molecule has 2 aromatic rings. The van der Waals surface area contributed by atoms with Gasteiger partial charge in [0.25, 0.3) is 0 Å². The molecule has 1 N–H and O–H groups in total. The van der Waals surface area contributed by atoms with Crippen molar-refractivity contribution in [2.45, 2.75) is 6.92 Å². The van der Waals surface area contributed by atoms with E-state index in [0.717, 1.165) is 16.7 Å². The molecule has 0 bridgehead atoms. The third kappa shape index (κ3) is 3.15. The smallest absolute Gasteiger partial charge is 0.321 e. The highest BCUT2D eigenvalue weighted by Gasteiger charge is 2.10. The Labute approximate surface area is 118 Å². The van der Waals surface area contributed by atoms with Gasteiger partial charge in [-0.3, -0.25) is 0 Å². The lowest BCUT2D eigenvalue weighted by Crippen LogP contribution is -2.27. The summed E-state index contributed by atoms with van der Waals surface area (Å²) >= 11 is 0. The second-order valence-electron chi connectivity index (χ2n) is 4.88. The molecule has 0 spiro atoms. The number of rotatable bonds is 2. The van der Waals surface area contributed by atoms with Crippen molar-refractivity contribution in [3.05, 3.63) is 53.8 Å². The Morgan fingerprint density at radius 1 is 1.15 bits per heavy atom. The van der Waals surface area contributed by atoms with Crippen molar-refractivity contribution in [1.82, 2.24) is 4.90 Å². The Bertz CT molecular complexity index is 638. The predicted molar refractivity (Wildman–Crippen MR) is 79.3 cm³/mol. The lowest BCUT2D eigenvalue weighted by molar-refractivity contribution is 0.230. The van der Waals surface area contributed by atoms with Crippen LogP contribution in [0.2, 0.25) is 0 Å². The summed E-state index contributed by atoms with van der Waals surface area (Å²) in [5.41, 5.74) is 3.23. The number of hydrogen-bond acceptors (Lipinski definition) is 1. The maximum Gasteiger partial charge on any atom is 0.321 e. The Morgan fingerprint density at radius 2 is 1.90 bits per heavy atom. The van der Waals surface area contributed by atoms with Crippen LogP contribution in [0, 0.1) is 12.7 Å². The van der Waals surface area contributed by atoms with Crippen LogP contribution in [0.4, 0.5) is 14.9 Å². The van der Waals surface area contributed by atoms with Crippen LogP contribution in [-0.2, 0) is 0 Å². The lowest BCUT2D eigenvalue weighted by atomic mass is 10.0. The highest BCUT2D eigenvalue weighted by Crippen LogP contribution is 2.29. The molecule has 0 fully saturated rings. The SMILES string of the molecule is Cc1ccc(-c2cccc(F)c2)c(NC(=O)N(C)C)c1. The number of amides is 2. The van der Waals surface area contributed by atoms with Crippen LogP contribution in [0.1, 0.15) is 5.56 Å². The molecule has 20 heavy (non-hydrogen) atoms. The normalized spacial score (nSPS) is 10.2. The number of aryl methyl sites for hydroxylation is 1. The molecule has 4 heteroatoms. The average Bonchev–Trinajstić information content (AvgIpc) is 2.38. The van der Waals surface area contributed by atoms with E-state index in [9.17, 15) is 9.18 Å². The van der Waals surface area contributed by atoms with Gasteiger partial charge in [-0.1, -0.05) is 24.3 Å². The van der Waals surface area contributed by atoms with Crippen LogP contribution < -0.4 is 5.32 Å². The molecule has 0 saturated heterocycles. The first-order valence-electron chi connectivity index (χ1n) is 6.32. The summed E-state index contributed by atoms with van der Waals surface area (Å²) in [7, 11) is 3.35. The highest BCUT2D eigenvalue weighted by molar-refractivity contribution is 5.94. The van der Waals surface area contributed by atoms with Crippen LogP contribution in [-0.4, -0.2) is 25.0 Å². The summed E-state index contributed by atoms with van der Waals surface area (Å²) < 4.78 is 13.4. The molecule has 0 aliphatic heterocycles. The number of urea groups is 1. The molecule has 0 saturated carbocycles. The van der Waals surface area contributed by atoms with E-state index in [1.165, 1.54) is 17.0 Å². The van der Waals surface area contributed by atoms with Gasteiger partial charge >= 0.3 is 6.03 Å². The maximum absolute atomic E-state index is 13.4. The summed E-state index contributed by atoms with van der Waals surface area (Å²) in [5, 5.41) is 2.83. The molecule has 0 radical (unpaired) electrons. The van der Waals surface area contributed by atoms with Crippen LogP contribution in [0.25, 0.3) is 11.1 Å². The third-order valence-corrected chi connectivity index (χ3v) is 2.96. The minimum atomic E-state index is -0.298. The molecule has 0 aliphatic rings. The van der Waals surface area contributed by atoms with Crippen molar-refractivity contribution in [1.29, 1.82) is 0 Å². The van der Waals surface area contributed by atoms with E-state index >= 15 is 0 Å². The summed E-state index contributed by atoms with van der Waals surface area (Å²) in [6, 6.07) is 11.8. The Hall–Kier alpha value is -2.36. The number of carbonyl (C=O) groups is 1. The molecule has 0 atom stereocenters. The number of nitrogens with one attached hydrogen (secondary N) is 1. The van der Waals surface area contributed by atoms with Gasteiger partial charge in [0.2, 0.25) is 0 Å². The largest absolute Gasteiger partial charge is 0.331 e. The van der Waals surface area contributed by atoms with Gasteiger partial charge in [0.1, 0.15) is 5.82 Å². The fourth-order valence-corrected chi connectivity index (χ4v) is 1.90. The molecule has 104 valence electrons. The number of benzene rings is 2. The molecule has 0 heterocycles. The fraction of sp³-hybridized carbons (Fsp3) is 0.188. The van der Waals surface area contributed by atoms with Gasteiger partial charge in [0, 0.05) is 19.7 Å². The first kappa shape index (κ1) is 14.1. The lowest BCUT2D eigenvalue weighted by Gasteiger charge is -2.16. The van der Waals surface area contributed by atoms with E-state index in [1.54, 1.807) is 20.2 Å². The van der Waals surface area contributed by atoms with Crippen LogP contribution >= 0.6 is 0 Å². The van der Waals surface area contributed by atoms with Gasteiger partial charge in [-0.05, 0) is 36.2 Å². The predicted octanol–water partition coefficient (Wildman–Crippen LogP) is 3.89. The van der Waals surface area contributed by atoms with Gasteiger partial charge in [0.05, 0.1) is 5.69 Å². The van der Waals surface area contributed by atoms with Gasteiger partial charge in [-0.15, -0.1) is 0 Å². The fourth-order valence-electron chi connectivity index (χ4n) is 1.90. The minimum absolute atomic E-state index is 0.215. The molecule has 2 rings (SSSR count). The number of halogens is 1. The standard InChI is InChI=1S/C16H17FN2O/c1-11-7-8-14(12-5-4-6-13(17)10-12)15(9-11)18-16(20)19(2)3/h4-10H,1-3H3,(H,18,20). The molecular formula is C16H17FN2O. The summed E-state index contributed by atoms with van der Waals surface area (Å²) in [5.74, 6) is -0.298. The van der Waals surface area contributed by atoms with Gasteiger partial charge in [-0.25, -0.2) is 9.18 Å². The van der Waals surface area contributed by atoms with Gasteiger partial charge in [-0.2, -0.15) is 0 Å². The molecular weight excluding hydrogens is 255 g/mol. The Balaban J connectivity index is 2.45. The van der Waals surface area contributed by atoms with Crippen LogP contribution in [0.3, 0.4) is 0 Å². The monoisotopic (exact) mass is 272 g/mol. The van der Waals surface area contributed by atoms with Gasteiger partial charge < -0.3 is 10.2 Å². The van der Waals surface area contributed by atoms with Crippen molar-refractivity contribution in [2.75, 3.05) is 19.4 Å². The molecule has 3 nitrogen and oxygen atoms in total. The highest BCUT2D eigenvalue weighted by atomic mass is 19.1. The quantitative estimate of drug-likeness (QED) is 0.883. The average molecular weight is 272 g/mol. The molecule has 2 amide bonds. The third-order valence-electron chi connectivity index (χ3n) is 2.96. The van der Waals surface area contributed by atoms with Crippen LogP contribution in [0.15, 0.2) is 42.5 Å². The summed E-state index contributed by atoms with van der Waals surface area (Å²) in [6.45, 7) is 1.95. The first-order valence-corrected chi connectivity index (χ1v) is 6.32. The van der Waals surface area contributed by atoms with Crippen molar-refractivity contribution < 1.29 is 9.18 Å². The zero-order valence-electron chi connectivity index (χ0n) is 11.8. The second kappa shape index (κ2) is 5.74. The van der Waals surface area contributed by atoms with Crippen molar-refractivity contribution in [3.8, 4) is 11.1 Å². The number of nitrogens with zero attached hydrogens (tertiary/aromatic N) is 1. The maximum atomic E-state index is 13.4. The van der Waals surface area contributed by atoms with E-state index in [1.807, 2.05) is 31.2 Å². The minimum Gasteiger partial charge on any atom is -0.331 e. The Morgan fingerprint density at radius 3 is 2.55 bits per heavy atom. The van der Waals surface area contributed by atoms with Crippen LogP contribution in [0.5, 0.6) is 0 Å². The van der Waals surface area contributed by atoms with Gasteiger partial charge in [0.15, 0.2) is 0 Å². The Kier molecular flexibility index (Phi) is 4.03. The van der Waals surface area contributed by atoms with E-state index in [4.69, 9.17) is 0 Å². The molecule has 0 aromatic heterocycles. The van der Waals surface area contributed by atoms with E-state index in [2.05, 4.69) is 5.32 Å². The molecule has 0 unspecified atom stereocenters. The zero-order chi connectivity index (χ0) is 14.7. The molecule has 0 aliphatic carbocycles. The summed E-state index contributed by atoms with van der Waals surface area (Å²) in [6.07, 6.45) is 0. The number of hydrogen-bond donors (Lipinski definition) is 1. The van der Waals surface area contributed by atoms with E-state index in [0.29, 0.717) is 5.69 Å². The van der Waals surface area contributed by atoms with E-state index in [-0.39, 0.29) is 11.8 Å². The van der Waals surface area contributed by atoms with Crippen molar-refractivity contribution in [3.63, 3.8) is 0 Å². The molecule has 2 aromatic carbocycles. The second-order valence-corrected chi connectivity index (χ2v) is 4.88. The zero-order valence-corrected chi connectivity index (χ0v) is 11.8. The first-order chi connectivity index (χ1) is 9.47. The number of anilines is 1. The summed E-state index contributed by atoms with van der Waals surface area (Å²) in [4.78, 5) is 13.3.